The molecule has 1 aromatic carbocycles. The van der Waals surface area contributed by atoms with Crippen molar-refractivity contribution in [2.75, 3.05) is 24.7 Å². The van der Waals surface area contributed by atoms with Gasteiger partial charge in [0.1, 0.15) is 0 Å². The van der Waals surface area contributed by atoms with Gasteiger partial charge in [-0.15, -0.1) is 0 Å². The topological polar surface area (TPSA) is 89.8 Å². The minimum atomic E-state index is -0.711. The average Bonchev–Trinajstić information content (AvgIpc) is 2.67. The van der Waals surface area contributed by atoms with Crippen LogP contribution in [0, 0.1) is 16.0 Å². The van der Waals surface area contributed by atoms with Crippen molar-refractivity contribution in [3.63, 3.8) is 0 Å². The van der Waals surface area contributed by atoms with Crippen molar-refractivity contribution >= 4 is 23.1 Å². The van der Waals surface area contributed by atoms with Gasteiger partial charge in [0.15, 0.2) is 0 Å². The van der Waals surface area contributed by atoms with Crippen LogP contribution in [0.2, 0.25) is 0 Å². The van der Waals surface area contributed by atoms with Gasteiger partial charge in [0.2, 0.25) is 0 Å². The molecule has 0 spiro atoms. The molecule has 0 aromatic heterocycles. The van der Waals surface area contributed by atoms with E-state index in [0.29, 0.717) is 24.8 Å². The molecule has 21 heavy (non-hydrogen) atoms. The van der Waals surface area contributed by atoms with Crippen LogP contribution >= 0.6 is 0 Å². The predicted molar refractivity (Wildman–Crippen MR) is 75.4 cm³/mol. The van der Waals surface area contributed by atoms with Gasteiger partial charge in [-0.3, -0.25) is 19.7 Å². The number of carbonyl (C=O) groups is 2. The van der Waals surface area contributed by atoms with Crippen molar-refractivity contribution in [2.24, 2.45) is 5.92 Å². The van der Waals surface area contributed by atoms with E-state index in [2.05, 4.69) is 0 Å². The van der Waals surface area contributed by atoms with E-state index in [1.807, 2.05) is 13.8 Å². The van der Waals surface area contributed by atoms with Crippen molar-refractivity contribution < 1.29 is 19.2 Å². The molecule has 0 saturated heterocycles. The zero-order chi connectivity index (χ0) is 15.6. The summed E-state index contributed by atoms with van der Waals surface area (Å²) in [5, 5.41) is 10.7. The van der Waals surface area contributed by atoms with Crippen molar-refractivity contribution in [1.29, 1.82) is 0 Å². The summed E-state index contributed by atoms with van der Waals surface area (Å²) in [6, 6.07) is 3.86. The van der Waals surface area contributed by atoms with E-state index in [1.165, 1.54) is 17.0 Å². The van der Waals surface area contributed by atoms with E-state index in [4.69, 9.17) is 4.74 Å². The number of ketones is 1. The second kappa shape index (κ2) is 6.01. The van der Waals surface area contributed by atoms with Crippen LogP contribution < -0.4 is 4.90 Å². The normalized spacial score (nSPS) is 14.0. The molecule has 0 radical (unpaired) electrons. The van der Waals surface area contributed by atoms with E-state index in [1.54, 1.807) is 0 Å². The molecule has 0 unspecified atom stereocenters. The van der Waals surface area contributed by atoms with Crippen molar-refractivity contribution in [1.82, 2.24) is 0 Å². The maximum Gasteiger partial charge on any atom is 0.299 e. The molecule has 1 aliphatic heterocycles. The number of nitrogens with zero attached hydrogens (tertiary/aromatic N) is 2. The molecule has 1 aromatic rings. The van der Waals surface area contributed by atoms with Crippen LogP contribution in [0.5, 0.6) is 0 Å². The molecule has 7 nitrogen and oxygen atoms in total. The number of rotatable bonds is 6. The highest BCUT2D eigenvalue weighted by Gasteiger charge is 2.36. The fourth-order valence-electron chi connectivity index (χ4n) is 2.10. The lowest BCUT2D eigenvalue weighted by atomic mass is 10.1. The zero-order valence-corrected chi connectivity index (χ0v) is 11.9. The monoisotopic (exact) mass is 292 g/mol. The van der Waals surface area contributed by atoms with Crippen LogP contribution in [-0.4, -0.2) is 36.4 Å². The third-order valence-corrected chi connectivity index (χ3v) is 3.08. The van der Waals surface area contributed by atoms with Gasteiger partial charge >= 0.3 is 0 Å². The van der Waals surface area contributed by atoms with Gasteiger partial charge in [-0.2, -0.15) is 0 Å². The molecule has 1 aliphatic rings. The first-order valence-electron chi connectivity index (χ1n) is 6.64. The molecule has 0 fully saturated rings. The van der Waals surface area contributed by atoms with Crippen LogP contribution in [0.15, 0.2) is 18.2 Å². The molecule has 1 amide bonds. The van der Waals surface area contributed by atoms with Gasteiger partial charge in [-0.25, -0.2) is 0 Å². The Morgan fingerprint density at radius 2 is 2.05 bits per heavy atom. The number of hydrogen-bond donors (Lipinski definition) is 0. The number of nitro benzene ring substituents is 1. The van der Waals surface area contributed by atoms with Gasteiger partial charge in [0.05, 0.1) is 22.8 Å². The third-order valence-electron chi connectivity index (χ3n) is 3.08. The summed E-state index contributed by atoms with van der Waals surface area (Å²) in [6.07, 6.45) is 0. The van der Waals surface area contributed by atoms with Gasteiger partial charge in [-0.05, 0) is 12.0 Å². The Bertz CT molecular complexity index is 597. The van der Waals surface area contributed by atoms with Crippen LogP contribution in [0.3, 0.4) is 0 Å². The second-order valence-electron chi connectivity index (χ2n) is 5.21. The SMILES string of the molecule is CC(C)COCCN1C(=O)C(=O)c2cc([N+](=O)[O-])ccc21. The van der Waals surface area contributed by atoms with Crippen LogP contribution in [0.1, 0.15) is 24.2 Å². The Balaban J connectivity index is 2.14. The van der Waals surface area contributed by atoms with Gasteiger partial charge in [0, 0.05) is 25.3 Å². The number of hydrogen-bond acceptors (Lipinski definition) is 5. The molecule has 0 aliphatic carbocycles. The maximum absolute atomic E-state index is 11.9. The average molecular weight is 292 g/mol. The Morgan fingerprint density at radius 3 is 2.67 bits per heavy atom. The lowest BCUT2D eigenvalue weighted by molar-refractivity contribution is -0.384. The summed E-state index contributed by atoms with van der Waals surface area (Å²) in [7, 11) is 0. The van der Waals surface area contributed by atoms with E-state index < -0.39 is 16.6 Å². The van der Waals surface area contributed by atoms with Gasteiger partial charge in [-0.1, -0.05) is 13.8 Å². The number of fused-ring (bicyclic) bond motifs is 1. The number of Topliss-reactive ketones (excluding diaryl/α,β-unsaturated/α-hetero) is 1. The smallest absolute Gasteiger partial charge is 0.299 e. The predicted octanol–water partition coefficient (Wildman–Crippen LogP) is 1.80. The van der Waals surface area contributed by atoms with E-state index >= 15 is 0 Å². The minimum absolute atomic E-state index is 0.0815. The highest BCUT2D eigenvalue weighted by atomic mass is 16.6. The molecule has 2 rings (SSSR count). The quantitative estimate of drug-likeness (QED) is 0.345. The Kier molecular flexibility index (Phi) is 4.32. The Labute approximate surface area is 121 Å². The first kappa shape index (κ1) is 15.1. The zero-order valence-electron chi connectivity index (χ0n) is 11.9. The van der Waals surface area contributed by atoms with E-state index in [0.717, 1.165) is 6.07 Å². The highest BCUT2D eigenvalue weighted by Crippen LogP contribution is 2.31. The number of carbonyl (C=O) groups excluding carboxylic acids is 2. The molecule has 0 saturated carbocycles. The first-order chi connectivity index (χ1) is 9.91. The molecule has 0 N–H and O–H groups in total. The minimum Gasteiger partial charge on any atom is -0.379 e. The molecule has 1 heterocycles. The van der Waals surface area contributed by atoms with E-state index in [-0.39, 0.29) is 17.8 Å². The molecule has 0 atom stereocenters. The second-order valence-corrected chi connectivity index (χ2v) is 5.21. The summed E-state index contributed by atoms with van der Waals surface area (Å²) in [5.74, 6) is -0.993. The maximum atomic E-state index is 11.9. The standard InChI is InChI=1S/C14H16N2O5/c1-9(2)8-21-6-5-15-12-4-3-10(16(19)20)7-11(12)13(17)14(15)18/h3-4,7,9H,5-6,8H2,1-2H3. The van der Waals surface area contributed by atoms with Crippen LogP contribution in [0.25, 0.3) is 0 Å². The fraction of sp³-hybridized carbons (Fsp3) is 0.429. The van der Waals surface area contributed by atoms with Crippen molar-refractivity contribution in [2.45, 2.75) is 13.8 Å². The highest BCUT2D eigenvalue weighted by molar-refractivity contribution is 6.52. The Hall–Kier alpha value is -2.28. The number of amides is 1. The van der Waals surface area contributed by atoms with Crippen molar-refractivity contribution in [3.05, 3.63) is 33.9 Å². The van der Waals surface area contributed by atoms with E-state index in [9.17, 15) is 19.7 Å². The third kappa shape index (κ3) is 3.08. The molecule has 0 bridgehead atoms. The fourth-order valence-corrected chi connectivity index (χ4v) is 2.10. The van der Waals surface area contributed by atoms with Crippen LogP contribution in [-0.2, 0) is 9.53 Å². The van der Waals surface area contributed by atoms with Gasteiger partial charge < -0.3 is 9.64 Å². The summed E-state index contributed by atoms with van der Waals surface area (Å²) in [5.41, 5.74) is 0.287. The summed E-state index contributed by atoms with van der Waals surface area (Å²) >= 11 is 0. The number of benzene rings is 1. The summed E-state index contributed by atoms with van der Waals surface area (Å²) in [4.78, 5) is 35.2. The van der Waals surface area contributed by atoms with Crippen molar-refractivity contribution in [3.8, 4) is 0 Å². The lowest BCUT2D eigenvalue weighted by Gasteiger charge is -2.16. The number of nitro groups is 1. The number of ether oxygens (including phenoxy) is 1. The number of anilines is 1. The number of non-ortho nitro benzene ring substituents is 1. The lowest BCUT2D eigenvalue weighted by Crippen LogP contribution is -2.33. The summed E-state index contributed by atoms with van der Waals surface area (Å²) < 4.78 is 5.40. The first-order valence-corrected chi connectivity index (χ1v) is 6.64. The Morgan fingerprint density at radius 1 is 1.33 bits per heavy atom. The summed E-state index contributed by atoms with van der Waals surface area (Å²) in [6.45, 7) is 5.16. The molecule has 112 valence electrons. The largest absolute Gasteiger partial charge is 0.379 e. The molecule has 7 heteroatoms. The van der Waals surface area contributed by atoms with Crippen LogP contribution in [0.4, 0.5) is 11.4 Å². The van der Waals surface area contributed by atoms with Gasteiger partial charge in [0.25, 0.3) is 17.4 Å². The molecular formula is C14H16N2O5. The molecular weight excluding hydrogens is 276 g/mol.